The van der Waals surface area contributed by atoms with Crippen LogP contribution < -0.4 is 10.1 Å². The van der Waals surface area contributed by atoms with Crippen molar-refractivity contribution in [3.05, 3.63) is 99.5 Å². The molecule has 3 aromatic rings. The molecule has 0 heterocycles. The summed E-state index contributed by atoms with van der Waals surface area (Å²) in [6, 6.07) is 19.8. The summed E-state index contributed by atoms with van der Waals surface area (Å²) in [5, 5.41) is 3.82. The van der Waals surface area contributed by atoms with E-state index in [1.54, 1.807) is 48.5 Å². The first-order chi connectivity index (χ1) is 15.4. The molecule has 0 bridgehead atoms. The molecular formula is C25H21Cl2NO4. The highest BCUT2D eigenvalue weighted by molar-refractivity contribution is 6.31. The van der Waals surface area contributed by atoms with Gasteiger partial charge >= 0.3 is 5.97 Å². The van der Waals surface area contributed by atoms with Gasteiger partial charge in [-0.25, -0.2) is 4.79 Å². The predicted molar refractivity (Wildman–Crippen MR) is 127 cm³/mol. The maximum atomic E-state index is 11.9. The minimum atomic E-state index is -0.624. The number of carbonyl (C=O) groups is 2. The van der Waals surface area contributed by atoms with E-state index >= 15 is 0 Å². The first kappa shape index (κ1) is 23.4. The molecule has 0 spiro atoms. The van der Waals surface area contributed by atoms with E-state index in [1.807, 2.05) is 31.2 Å². The van der Waals surface area contributed by atoms with Crippen LogP contribution >= 0.6 is 23.2 Å². The van der Waals surface area contributed by atoms with Crippen LogP contribution in [0.5, 0.6) is 5.75 Å². The van der Waals surface area contributed by atoms with Crippen molar-refractivity contribution in [2.24, 2.45) is 0 Å². The van der Waals surface area contributed by atoms with Gasteiger partial charge in [0.1, 0.15) is 12.4 Å². The van der Waals surface area contributed by atoms with Gasteiger partial charge in [-0.05, 0) is 54.5 Å². The van der Waals surface area contributed by atoms with Gasteiger partial charge in [-0.15, -0.1) is 0 Å². The number of hydrogen-bond acceptors (Lipinski definition) is 4. The second-order valence-electron chi connectivity index (χ2n) is 6.90. The number of nitrogens with one attached hydrogen (secondary N) is 1. The number of hydrogen-bond donors (Lipinski definition) is 1. The summed E-state index contributed by atoms with van der Waals surface area (Å²) in [6.07, 6.45) is 2.85. The van der Waals surface area contributed by atoms with E-state index in [0.29, 0.717) is 28.1 Å². The van der Waals surface area contributed by atoms with Crippen molar-refractivity contribution < 1.29 is 19.1 Å². The third-order valence-corrected chi connectivity index (χ3v) is 5.22. The van der Waals surface area contributed by atoms with Crippen LogP contribution in [0.1, 0.15) is 16.7 Å². The lowest BCUT2D eigenvalue weighted by molar-refractivity contribution is -0.142. The highest BCUT2D eigenvalue weighted by atomic mass is 35.5. The van der Waals surface area contributed by atoms with E-state index in [-0.39, 0.29) is 0 Å². The minimum Gasteiger partial charge on any atom is -0.489 e. The Morgan fingerprint density at radius 1 is 0.969 bits per heavy atom. The van der Waals surface area contributed by atoms with Crippen LogP contribution in [0, 0.1) is 6.92 Å². The Morgan fingerprint density at radius 2 is 1.72 bits per heavy atom. The maximum Gasteiger partial charge on any atom is 0.331 e. The van der Waals surface area contributed by atoms with E-state index in [1.165, 1.54) is 6.08 Å². The number of benzene rings is 3. The van der Waals surface area contributed by atoms with Gasteiger partial charge in [0.2, 0.25) is 0 Å². The normalized spacial score (nSPS) is 10.7. The van der Waals surface area contributed by atoms with Crippen molar-refractivity contribution in [1.82, 2.24) is 0 Å². The van der Waals surface area contributed by atoms with Crippen molar-refractivity contribution in [3.8, 4) is 5.75 Å². The lowest BCUT2D eigenvalue weighted by Gasteiger charge is -2.08. The Labute approximate surface area is 196 Å². The van der Waals surface area contributed by atoms with Crippen LogP contribution in [0.15, 0.2) is 72.8 Å². The second kappa shape index (κ2) is 11.4. The zero-order valence-electron chi connectivity index (χ0n) is 17.3. The van der Waals surface area contributed by atoms with E-state index in [2.05, 4.69) is 5.32 Å². The highest BCUT2D eigenvalue weighted by Gasteiger charge is 2.07. The average Bonchev–Trinajstić information content (AvgIpc) is 2.79. The molecule has 5 nitrogen and oxygen atoms in total. The fourth-order valence-corrected chi connectivity index (χ4v) is 3.04. The highest BCUT2D eigenvalue weighted by Crippen LogP contribution is 2.20. The molecule has 1 amide bonds. The first-order valence-electron chi connectivity index (χ1n) is 9.78. The van der Waals surface area contributed by atoms with E-state index in [0.717, 1.165) is 16.7 Å². The van der Waals surface area contributed by atoms with Crippen LogP contribution in [0.25, 0.3) is 6.08 Å². The maximum absolute atomic E-state index is 11.9. The quantitative estimate of drug-likeness (QED) is 0.320. The lowest BCUT2D eigenvalue weighted by Crippen LogP contribution is -2.20. The average molecular weight is 470 g/mol. The van der Waals surface area contributed by atoms with Gasteiger partial charge in [-0.1, -0.05) is 59.6 Å². The topological polar surface area (TPSA) is 64.6 Å². The number of rotatable bonds is 8. The Balaban J connectivity index is 1.44. The van der Waals surface area contributed by atoms with E-state index in [9.17, 15) is 9.59 Å². The number of anilines is 1. The van der Waals surface area contributed by atoms with Gasteiger partial charge < -0.3 is 14.8 Å². The third-order valence-electron chi connectivity index (χ3n) is 4.45. The standard InChI is InChI=1S/C25H21Cl2NO4/c1-17-6-10-20(14-23(17)27)28-24(29)16-32-25(30)13-9-18-7-11-21(12-8-18)31-15-19-4-2-3-5-22(19)26/h2-14H,15-16H2,1H3,(H,28,29). The molecule has 0 aliphatic heterocycles. The van der Waals surface area contributed by atoms with Gasteiger partial charge in [0.05, 0.1) is 0 Å². The monoisotopic (exact) mass is 469 g/mol. The number of amides is 1. The Kier molecular flexibility index (Phi) is 8.31. The van der Waals surface area contributed by atoms with Crippen molar-refractivity contribution in [2.75, 3.05) is 11.9 Å². The van der Waals surface area contributed by atoms with Crippen LogP contribution in [-0.2, 0) is 20.9 Å². The number of carbonyl (C=O) groups excluding carboxylic acids is 2. The molecule has 0 aliphatic rings. The van der Waals surface area contributed by atoms with Gasteiger partial charge in [0, 0.05) is 27.4 Å². The molecule has 3 aromatic carbocycles. The summed E-state index contributed by atoms with van der Waals surface area (Å²) < 4.78 is 10.7. The summed E-state index contributed by atoms with van der Waals surface area (Å²) in [4.78, 5) is 23.8. The molecular weight excluding hydrogens is 449 g/mol. The zero-order valence-corrected chi connectivity index (χ0v) is 18.8. The molecule has 164 valence electrons. The number of esters is 1. The Bertz CT molecular complexity index is 1130. The Hall–Kier alpha value is -3.28. The largest absolute Gasteiger partial charge is 0.489 e. The smallest absolute Gasteiger partial charge is 0.331 e. The lowest BCUT2D eigenvalue weighted by atomic mass is 10.2. The molecule has 0 saturated carbocycles. The zero-order chi connectivity index (χ0) is 22.9. The molecule has 1 N–H and O–H groups in total. The number of ether oxygens (including phenoxy) is 2. The van der Waals surface area contributed by atoms with Gasteiger partial charge in [-0.3, -0.25) is 4.79 Å². The molecule has 32 heavy (non-hydrogen) atoms. The summed E-state index contributed by atoms with van der Waals surface area (Å²) >= 11 is 12.1. The summed E-state index contributed by atoms with van der Waals surface area (Å²) in [7, 11) is 0. The fraction of sp³-hybridized carbons (Fsp3) is 0.120. The van der Waals surface area contributed by atoms with Crippen LogP contribution in [0.4, 0.5) is 5.69 Å². The van der Waals surface area contributed by atoms with Gasteiger partial charge in [-0.2, -0.15) is 0 Å². The molecule has 0 fully saturated rings. The number of aryl methyl sites for hydroxylation is 1. The SMILES string of the molecule is Cc1ccc(NC(=O)COC(=O)C=Cc2ccc(OCc3ccccc3Cl)cc2)cc1Cl. The van der Waals surface area contributed by atoms with E-state index < -0.39 is 18.5 Å². The molecule has 0 aliphatic carbocycles. The molecule has 0 saturated heterocycles. The molecule has 7 heteroatoms. The van der Waals surface area contributed by atoms with Gasteiger partial charge in [0.15, 0.2) is 6.61 Å². The summed E-state index contributed by atoms with van der Waals surface area (Å²) in [6.45, 7) is 1.82. The van der Waals surface area contributed by atoms with Crippen molar-refractivity contribution >= 4 is 46.8 Å². The van der Waals surface area contributed by atoms with Crippen molar-refractivity contribution in [1.29, 1.82) is 0 Å². The minimum absolute atomic E-state index is 0.359. The van der Waals surface area contributed by atoms with Crippen molar-refractivity contribution in [2.45, 2.75) is 13.5 Å². The van der Waals surface area contributed by atoms with Crippen LogP contribution in [-0.4, -0.2) is 18.5 Å². The second-order valence-corrected chi connectivity index (χ2v) is 7.72. The summed E-state index contributed by atoms with van der Waals surface area (Å²) in [5.74, 6) is -0.398. The van der Waals surface area contributed by atoms with Gasteiger partial charge in [0.25, 0.3) is 5.91 Å². The predicted octanol–water partition coefficient (Wildman–Crippen LogP) is 6.08. The van der Waals surface area contributed by atoms with Crippen LogP contribution in [0.3, 0.4) is 0 Å². The first-order valence-corrected chi connectivity index (χ1v) is 10.5. The molecule has 0 radical (unpaired) electrons. The fourth-order valence-electron chi connectivity index (χ4n) is 2.67. The Morgan fingerprint density at radius 3 is 2.44 bits per heavy atom. The van der Waals surface area contributed by atoms with E-state index in [4.69, 9.17) is 32.7 Å². The molecule has 3 rings (SSSR count). The van der Waals surface area contributed by atoms with Crippen LogP contribution in [0.2, 0.25) is 10.0 Å². The summed E-state index contributed by atoms with van der Waals surface area (Å²) in [5.41, 5.74) is 3.12. The molecule has 0 unspecified atom stereocenters. The number of halogens is 2. The molecule has 0 atom stereocenters. The third kappa shape index (κ3) is 7.15. The molecule has 0 aromatic heterocycles. The van der Waals surface area contributed by atoms with Crippen molar-refractivity contribution in [3.63, 3.8) is 0 Å².